The van der Waals surface area contributed by atoms with Crippen LogP contribution in [0.15, 0.2) is 27.9 Å². The maximum absolute atomic E-state index is 13.3. The summed E-state index contributed by atoms with van der Waals surface area (Å²) in [6, 6.07) is 2.21. The van der Waals surface area contributed by atoms with Gasteiger partial charge in [-0.25, -0.2) is 9.78 Å². The van der Waals surface area contributed by atoms with Crippen molar-refractivity contribution in [3.05, 3.63) is 56.0 Å². The monoisotopic (exact) mass is 508 g/mol. The number of hydrogen-bond donors (Lipinski definition) is 2. The van der Waals surface area contributed by atoms with Crippen LogP contribution >= 0.6 is 0 Å². The average Bonchev–Trinajstić information content (AvgIpc) is 2.86. The molecule has 2 amide bonds. The highest BCUT2D eigenvalue weighted by Gasteiger charge is 2.36. The van der Waals surface area contributed by atoms with Crippen LogP contribution in [0.4, 0.5) is 19.0 Å². The highest BCUT2D eigenvalue weighted by Crippen LogP contribution is 2.35. The fourth-order valence-electron chi connectivity index (χ4n) is 4.66. The van der Waals surface area contributed by atoms with Gasteiger partial charge in [-0.05, 0) is 37.8 Å². The van der Waals surface area contributed by atoms with Crippen molar-refractivity contribution in [3.63, 3.8) is 0 Å². The van der Waals surface area contributed by atoms with E-state index in [-0.39, 0.29) is 63.0 Å². The number of piperazine rings is 1. The Balaban J connectivity index is 1.27. The van der Waals surface area contributed by atoms with Gasteiger partial charge in [0.1, 0.15) is 5.82 Å². The molecule has 0 bridgehead atoms. The van der Waals surface area contributed by atoms with Crippen molar-refractivity contribution in [2.75, 3.05) is 37.6 Å². The molecule has 0 saturated carbocycles. The smallest absolute Gasteiger partial charge is 0.353 e. The molecule has 2 aromatic rings. The van der Waals surface area contributed by atoms with Crippen LogP contribution in [0.25, 0.3) is 0 Å². The SMILES string of the molecule is O=C(CCn1c2c(c(=O)[nH]c1=O)CCCC2)NCC(=O)N1CCN(c2ncccc2C(F)(F)F)CC1. The number of aromatic amines is 1. The van der Waals surface area contributed by atoms with E-state index in [0.717, 1.165) is 18.9 Å². The third kappa shape index (κ3) is 5.60. The second-order valence-corrected chi connectivity index (χ2v) is 8.81. The van der Waals surface area contributed by atoms with Gasteiger partial charge in [0.05, 0.1) is 12.1 Å². The van der Waals surface area contributed by atoms with Gasteiger partial charge in [0.25, 0.3) is 5.56 Å². The molecule has 0 unspecified atom stereocenters. The molecule has 1 fully saturated rings. The Hall–Kier alpha value is -3.64. The van der Waals surface area contributed by atoms with Crippen molar-refractivity contribution in [2.45, 2.75) is 44.8 Å². The summed E-state index contributed by atoms with van der Waals surface area (Å²) in [6.07, 6.45) is -0.340. The van der Waals surface area contributed by atoms with E-state index in [9.17, 15) is 32.3 Å². The molecule has 4 rings (SSSR count). The molecule has 0 atom stereocenters. The normalized spacial score (nSPS) is 16.0. The molecule has 194 valence electrons. The topological polar surface area (TPSA) is 120 Å². The zero-order valence-corrected chi connectivity index (χ0v) is 19.6. The standard InChI is InChI=1S/C23H27F3N6O4/c24-23(25,26)16-5-3-8-27-20(16)31-12-10-30(11-13-31)19(34)14-28-18(33)7-9-32-17-6-2-1-4-15(17)21(35)29-22(32)36/h3,5,8H,1-2,4,6-7,9-14H2,(H,28,33)(H,29,35,36). The van der Waals surface area contributed by atoms with E-state index in [1.54, 1.807) is 0 Å². The van der Waals surface area contributed by atoms with Crippen LogP contribution in [0.3, 0.4) is 0 Å². The van der Waals surface area contributed by atoms with Crippen LogP contribution in [0.1, 0.15) is 36.1 Å². The van der Waals surface area contributed by atoms with Gasteiger partial charge >= 0.3 is 11.9 Å². The lowest BCUT2D eigenvalue weighted by molar-refractivity contribution is -0.137. The summed E-state index contributed by atoms with van der Waals surface area (Å²) < 4.78 is 41.2. The summed E-state index contributed by atoms with van der Waals surface area (Å²) in [5.74, 6) is -0.934. The first kappa shape index (κ1) is 25.5. The van der Waals surface area contributed by atoms with Crippen LogP contribution in [0.2, 0.25) is 0 Å². The molecule has 36 heavy (non-hydrogen) atoms. The summed E-state index contributed by atoms with van der Waals surface area (Å²) in [5, 5.41) is 2.54. The Kier molecular flexibility index (Phi) is 7.45. The molecular weight excluding hydrogens is 481 g/mol. The number of carbonyl (C=O) groups excluding carboxylic acids is 2. The number of H-pyrrole nitrogens is 1. The highest BCUT2D eigenvalue weighted by molar-refractivity contribution is 5.84. The number of carbonyl (C=O) groups is 2. The molecule has 1 saturated heterocycles. The van der Waals surface area contributed by atoms with Crippen LogP contribution in [0.5, 0.6) is 0 Å². The molecule has 1 aliphatic heterocycles. The van der Waals surface area contributed by atoms with E-state index in [0.29, 0.717) is 24.1 Å². The lowest BCUT2D eigenvalue weighted by atomic mass is 9.97. The summed E-state index contributed by atoms with van der Waals surface area (Å²) in [6.45, 7) is 0.583. The number of alkyl halides is 3. The number of fused-ring (bicyclic) bond motifs is 1. The van der Waals surface area contributed by atoms with Crippen molar-refractivity contribution in [3.8, 4) is 0 Å². The Morgan fingerprint density at radius 2 is 1.81 bits per heavy atom. The van der Waals surface area contributed by atoms with Crippen molar-refractivity contribution in [1.82, 2.24) is 24.8 Å². The number of hydrogen-bond acceptors (Lipinski definition) is 6. The van der Waals surface area contributed by atoms with E-state index in [4.69, 9.17) is 0 Å². The lowest BCUT2D eigenvalue weighted by Gasteiger charge is -2.36. The van der Waals surface area contributed by atoms with Crippen LogP contribution in [-0.4, -0.2) is 64.0 Å². The number of nitrogens with zero attached hydrogens (tertiary/aromatic N) is 4. The van der Waals surface area contributed by atoms with Gasteiger partial charge < -0.3 is 15.1 Å². The van der Waals surface area contributed by atoms with Gasteiger partial charge in [0.15, 0.2) is 0 Å². The third-order valence-corrected chi connectivity index (χ3v) is 6.53. The van der Waals surface area contributed by atoms with E-state index < -0.39 is 23.3 Å². The second-order valence-electron chi connectivity index (χ2n) is 8.81. The predicted molar refractivity (Wildman–Crippen MR) is 124 cm³/mol. The van der Waals surface area contributed by atoms with E-state index in [2.05, 4.69) is 15.3 Å². The quantitative estimate of drug-likeness (QED) is 0.592. The number of rotatable bonds is 6. The fraction of sp³-hybridized carbons (Fsp3) is 0.522. The predicted octanol–water partition coefficient (Wildman–Crippen LogP) is 0.684. The van der Waals surface area contributed by atoms with E-state index in [1.807, 2.05) is 0 Å². The molecule has 2 aromatic heterocycles. The van der Waals surface area contributed by atoms with Crippen LogP contribution < -0.4 is 21.5 Å². The first-order valence-corrected chi connectivity index (χ1v) is 11.8. The highest BCUT2D eigenvalue weighted by atomic mass is 19.4. The lowest BCUT2D eigenvalue weighted by Crippen LogP contribution is -2.51. The molecule has 3 heterocycles. The maximum Gasteiger partial charge on any atom is 0.419 e. The molecule has 0 radical (unpaired) electrons. The first-order valence-electron chi connectivity index (χ1n) is 11.8. The number of halogens is 3. The first-order chi connectivity index (χ1) is 17.1. The molecule has 13 heteroatoms. The van der Waals surface area contributed by atoms with Crippen molar-refractivity contribution in [1.29, 1.82) is 0 Å². The van der Waals surface area contributed by atoms with Gasteiger partial charge in [-0.3, -0.25) is 23.9 Å². The van der Waals surface area contributed by atoms with Crippen molar-refractivity contribution in [2.24, 2.45) is 0 Å². The average molecular weight is 509 g/mol. The molecule has 1 aliphatic carbocycles. The zero-order chi connectivity index (χ0) is 25.9. The van der Waals surface area contributed by atoms with Gasteiger partial charge in [-0.2, -0.15) is 13.2 Å². The van der Waals surface area contributed by atoms with E-state index >= 15 is 0 Å². The molecule has 2 N–H and O–H groups in total. The third-order valence-electron chi connectivity index (χ3n) is 6.53. The Morgan fingerprint density at radius 3 is 2.53 bits per heavy atom. The summed E-state index contributed by atoms with van der Waals surface area (Å²) >= 11 is 0. The Bertz CT molecular complexity index is 1250. The molecule has 10 nitrogen and oxygen atoms in total. The van der Waals surface area contributed by atoms with Gasteiger partial charge in [-0.1, -0.05) is 0 Å². The van der Waals surface area contributed by atoms with E-state index in [1.165, 1.54) is 26.6 Å². The molecule has 0 spiro atoms. The molecule has 2 aliphatic rings. The number of aromatic nitrogens is 3. The minimum atomic E-state index is -4.53. The van der Waals surface area contributed by atoms with Gasteiger partial charge in [0, 0.05) is 56.6 Å². The minimum Gasteiger partial charge on any atom is -0.353 e. The Labute approximate surface area is 204 Å². The number of pyridine rings is 1. The molecule has 0 aromatic carbocycles. The summed E-state index contributed by atoms with van der Waals surface area (Å²) in [4.78, 5) is 58.3. The van der Waals surface area contributed by atoms with Gasteiger partial charge in [-0.15, -0.1) is 0 Å². The van der Waals surface area contributed by atoms with Crippen molar-refractivity contribution < 1.29 is 22.8 Å². The van der Waals surface area contributed by atoms with Gasteiger partial charge in [0.2, 0.25) is 11.8 Å². The number of amides is 2. The van der Waals surface area contributed by atoms with Crippen molar-refractivity contribution >= 4 is 17.6 Å². The molecular formula is C23H27F3N6O4. The zero-order valence-electron chi connectivity index (χ0n) is 19.6. The number of nitrogens with one attached hydrogen (secondary N) is 2. The maximum atomic E-state index is 13.3. The summed E-state index contributed by atoms with van der Waals surface area (Å²) in [5.41, 5.74) is -0.496. The largest absolute Gasteiger partial charge is 0.419 e. The summed E-state index contributed by atoms with van der Waals surface area (Å²) in [7, 11) is 0. The fourth-order valence-corrected chi connectivity index (χ4v) is 4.66. The number of anilines is 1. The second kappa shape index (κ2) is 10.5. The Morgan fingerprint density at radius 1 is 1.08 bits per heavy atom. The van der Waals surface area contributed by atoms with Crippen LogP contribution in [0, 0.1) is 0 Å². The van der Waals surface area contributed by atoms with Crippen LogP contribution in [-0.2, 0) is 35.2 Å². The minimum absolute atomic E-state index is 0.0423.